The number of carbonyl (C=O) groups excluding carboxylic acids is 1. The Morgan fingerprint density at radius 1 is 1.40 bits per heavy atom. The smallest absolute Gasteiger partial charge is 0.333 e. The fraction of sp³-hybridized carbons (Fsp3) is 0.385. The van der Waals surface area contributed by atoms with Crippen molar-refractivity contribution in [3.05, 3.63) is 69.3 Å². The molecule has 186 valence electrons. The highest BCUT2D eigenvalue weighted by Gasteiger charge is 2.45. The zero-order valence-corrected chi connectivity index (χ0v) is 20.0. The van der Waals surface area contributed by atoms with Crippen molar-refractivity contribution in [2.75, 3.05) is 0 Å². The number of aliphatic hydroxyl groups is 1. The van der Waals surface area contributed by atoms with Crippen molar-refractivity contribution in [1.82, 2.24) is 5.32 Å². The normalized spacial score (nSPS) is 23.8. The van der Waals surface area contributed by atoms with Crippen LogP contribution in [0.3, 0.4) is 0 Å². The summed E-state index contributed by atoms with van der Waals surface area (Å²) in [6.45, 7) is 4.82. The van der Waals surface area contributed by atoms with E-state index in [-0.39, 0.29) is 35.1 Å². The Kier molecular flexibility index (Phi) is 6.73. The van der Waals surface area contributed by atoms with E-state index < -0.39 is 29.7 Å². The molecule has 0 saturated heterocycles. The van der Waals surface area contributed by atoms with Gasteiger partial charge in [-0.3, -0.25) is 4.79 Å². The molecule has 0 fully saturated rings. The van der Waals surface area contributed by atoms with E-state index in [1.54, 1.807) is 26.0 Å². The van der Waals surface area contributed by atoms with Gasteiger partial charge in [0.1, 0.15) is 46.5 Å². The summed E-state index contributed by atoms with van der Waals surface area (Å²) in [6.07, 6.45) is 7.60. The quantitative estimate of drug-likeness (QED) is 0.361. The number of phenols is 1. The van der Waals surface area contributed by atoms with Gasteiger partial charge in [-0.05, 0) is 45.3 Å². The van der Waals surface area contributed by atoms with Gasteiger partial charge in [-0.1, -0.05) is 12.2 Å². The van der Waals surface area contributed by atoms with Gasteiger partial charge >= 0.3 is 5.97 Å². The van der Waals surface area contributed by atoms with Gasteiger partial charge in [-0.15, -0.1) is 0 Å². The molecule has 0 saturated carbocycles. The number of nitrogens with two attached hydrogens (primary N) is 1. The van der Waals surface area contributed by atoms with Gasteiger partial charge in [0.2, 0.25) is 0 Å². The van der Waals surface area contributed by atoms with E-state index in [0.29, 0.717) is 29.7 Å². The van der Waals surface area contributed by atoms with Gasteiger partial charge in [-0.25, -0.2) is 4.79 Å². The van der Waals surface area contributed by atoms with Crippen LogP contribution in [0.15, 0.2) is 56.9 Å². The van der Waals surface area contributed by atoms with Crippen molar-refractivity contribution in [3.63, 3.8) is 0 Å². The van der Waals surface area contributed by atoms with Crippen molar-refractivity contribution in [1.29, 1.82) is 0 Å². The zero-order chi connectivity index (χ0) is 25.3. The lowest BCUT2D eigenvalue weighted by Gasteiger charge is -2.42. The van der Waals surface area contributed by atoms with Gasteiger partial charge < -0.3 is 35.2 Å². The molecule has 9 nitrogen and oxygen atoms in total. The largest absolute Gasteiger partial charge is 0.507 e. The van der Waals surface area contributed by atoms with E-state index in [1.807, 2.05) is 25.3 Å². The predicted octanol–water partition coefficient (Wildman–Crippen LogP) is 2.67. The van der Waals surface area contributed by atoms with Crippen LogP contribution in [0, 0.1) is 0 Å². The van der Waals surface area contributed by atoms with Crippen molar-refractivity contribution in [3.8, 4) is 11.5 Å². The van der Waals surface area contributed by atoms with E-state index in [9.17, 15) is 19.8 Å². The van der Waals surface area contributed by atoms with Crippen LogP contribution in [0.25, 0.3) is 11.0 Å². The minimum absolute atomic E-state index is 0.0113. The van der Waals surface area contributed by atoms with Crippen LogP contribution < -0.4 is 21.2 Å². The molecule has 4 rings (SSSR count). The average molecular weight is 483 g/mol. The highest BCUT2D eigenvalue weighted by Crippen LogP contribution is 2.44. The minimum Gasteiger partial charge on any atom is -0.507 e. The summed E-state index contributed by atoms with van der Waals surface area (Å²) in [5, 5.41) is 23.4. The Hall–Kier alpha value is -3.56. The Balaban J connectivity index is 1.74. The zero-order valence-electron chi connectivity index (χ0n) is 20.0. The van der Waals surface area contributed by atoms with Crippen molar-refractivity contribution in [2.45, 2.75) is 64.5 Å². The molecule has 1 aromatic heterocycles. The van der Waals surface area contributed by atoms with Crippen molar-refractivity contribution in [2.24, 2.45) is 5.73 Å². The first-order valence-corrected chi connectivity index (χ1v) is 11.5. The van der Waals surface area contributed by atoms with E-state index in [0.717, 1.165) is 11.6 Å². The standard InChI is InChI=1S/C26H30N2O7/c1-4-14(2)25(32)34-21-10-17-19(11-20-23(24(17)31)18(30)9-16(13-29)33-20)35-26(21,3)8-7-15-5-6-22(27)28-12-15/h4-6,9,11-12,21-22,28-29,31H,7-8,10,13,27H2,1-3H3/b14-4-/t21-,22?,26+/m1/s1. The van der Waals surface area contributed by atoms with Crippen LogP contribution in [-0.2, 0) is 22.6 Å². The second-order valence-corrected chi connectivity index (χ2v) is 9.07. The predicted molar refractivity (Wildman–Crippen MR) is 130 cm³/mol. The second-order valence-electron chi connectivity index (χ2n) is 9.07. The fourth-order valence-electron chi connectivity index (χ4n) is 4.26. The number of hydrogen-bond donors (Lipinski definition) is 4. The number of phenolic OH excluding ortho intramolecular Hbond substituents is 1. The fourth-order valence-corrected chi connectivity index (χ4v) is 4.26. The number of ether oxygens (including phenoxy) is 2. The molecule has 0 radical (unpaired) electrons. The third-order valence-corrected chi connectivity index (χ3v) is 6.57. The van der Waals surface area contributed by atoms with Crippen LogP contribution >= 0.6 is 0 Å². The lowest BCUT2D eigenvalue weighted by atomic mass is 9.83. The second kappa shape index (κ2) is 9.59. The summed E-state index contributed by atoms with van der Waals surface area (Å²) < 4.78 is 17.8. The van der Waals surface area contributed by atoms with Gasteiger partial charge in [-0.2, -0.15) is 0 Å². The van der Waals surface area contributed by atoms with Crippen LogP contribution in [-0.4, -0.2) is 34.1 Å². The molecule has 2 aromatic rings. The summed E-state index contributed by atoms with van der Waals surface area (Å²) in [7, 11) is 0. The van der Waals surface area contributed by atoms with Crippen LogP contribution in [0.4, 0.5) is 0 Å². The van der Waals surface area contributed by atoms with Gasteiger partial charge in [0.05, 0.1) is 6.17 Å². The number of aromatic hydroxyl groups is 1. The number of dihydropyridines is 1. The maximum absolute atomic E-state index is 12.7. The maximum Gasteiger partial charge on any atom is 0.333 e. The molecule has 1 aromatic carbocycles. The van der Waals surface area contributed by atoms with Gasteiger partial charge in [0.25, 0.3) is 0 Å². The van der Waals surface area contributed by atoms with Gasteiger partial charge in [0, 0.05) is 35.9 Å². The molecule has 0 aliphatic carbocycles. The van der Waals surface area contributed by atoms with Gasteiger partial charge in [0.15, 0.2) is 5.43 Å². The van der Waals surface area contributed by atoms with E-state index in [4.69, 9.17) is 19.6 Å². The van der Waals surface area contributed by atoms with Crippen molar-refractivity contribution < 1.29 is 28.9 Å². The summed E-state index contributed by atoms with van der Waals surface area (Å²) in [5.74, 6) is -0.347. The topological polar surface area (TPSA) is 144 Å². The SMILES string of the molecule is C/C=C(/C)C(=O)O[C@@H]1Cc2c(cc3oc(CO)cc(=O)c3c2O)O[C@@]1(C)CCC1=CNC(N)C=C1. The number of hydrogen-bond acceptors (Lipinski definition) is 9. The molecule has 35 heavy (non-hydrogen) atoms. The number of benzene rings is 1. The molecule has 3 heterocycles. The van der Waals surface area contributed by atoms with E-state index >= 15 is 0 Å². The number of carbonyl (C=O) groups is 1. The van der Waals surface area contributed by atoms with E-state index in [2.05, 4.69) is 5.32 Å². The molecule has 0 amide bonds. The first-order chi connectivity index (χ1) is 16.6. The molecule has 2 aliphatic rings. The average Bonchev–Trinajstić information content (AvgIpc) is 2.83. The molecule has 2 aliphatic heterocycles. The minimum atomic E-state index is -0.945. The molecule has 0 bridgehead atoms. The molecular formula is C26H30N2O7. The number of fused-ring (bicyclic) bond motifs is 2. The highest BCUT2D eigenvalue weighted by molar-refractivity contribution is 5.88. The lowest BCUT2D eigenvalue weighted by molar-refractivity contribution is -0.158. The maximum atomic E-state index is 12.7. The molecule has 0 spiro atoms. The number of allylic oxidation sites excluding steroid dienone is 3. The van der Waals surface area contributed by atoms with E-state index in [1.165, 1.54) is 0 Å². The first-order valence-electron chi connectivity index (χ1n) is 11.5. The number of esters is 1. The Labute approximate surface area is 202 Å². The molecule has 1 unspecified atom stereocenters. The number of nitrogens with one attached hydrogen (secondary N) is 1. The van der Waals surface area contributed by atoms with Crippen LogP contribution in [0.5, 0.6) is 11.5 Å². The Morgan fingerprint density at radius 3 is 2.83 bits per heavy atom. The monoisotopic (exact) mass is 482 g/mol. The first kappa shape index (κ1) is 24.6. The Bertz CT molecular complexity index is 1310. The number of rotatable bonds is 6. The summed E-state index contributed by atoms with van der Waals surface area (Å²) in [5.41, 5.74) is 6.33. The molecule has 3 atom stereocenters. The molecule has 5 N–H and O–H groups in total. The summed E-state index contributed by atoms with van der Waals surface area (Å²) in [6, 6.07) is 2.68. The lowest BCUT2D eigenvalue weighted by Crippen LogP contribution is -2.51. The van der Waals surface area contributed by atoms with Crippen molar-refractivity contribution >= 4 is 16.9 Å². The number of aliphatic hydroxyl groups excluding tert-OH is 1. The summed E-state index contributed by atoms with van der Waals surface area (Å²) >= 11 is 0. The Morgan fingerprint density at radius 2 is 2.17 bits per heavy atom. The summed E-state index contributed by atoms with van der Waals surface area (Å²) in [4.78, 5) is 25.3. The van der Waals surface area contributed by atoms with Crippen LogP contribution in [0.2, 0.25) is 0 Å². The third kappa shape index (κ3) is 4.82. The highest BCUT2D eigenvalue weighted by atomic mass is 16.6. The molecular weight excluding hydrogens is 452 g/mol. The third-order valence-electron chi connectivity index (χ3n) is 6.57. The van der Waals surface area contributed by atoms with Crippen LogP contribution in [0.1, 0.15) is 44.9 Å². The molecule has 9 heteroatoms.